The molecule has 0 aromatic heterocycles. The molecule has 0 aromatic rings. The summed E-state index contributed by atoms with van der Waals surface area (Å²) in [6.07, 6.45) is 5.42. The highest BCUT2D eigenvalue weighted by atomic mass is 16.3. The topological polar surface area (TPSA) is 44.6 Å². The fourth-order valence-electron chi connectivity index (χ4n) is 1.32. The lowest BCUT2D eigenvalue weighted by Gasteiger charge is -2.21. The summed E-state index contributed by atoms with van der Waals surface area (Å²) < 4.78 is 0. The maximum Gasteiger partial charge on any atom is 0.0957 e. The smallest absolute Gasteiger partial charge is 0.0957 e. The maximum atomic E-state index is 9.96. The second kappa shape index (κ2) is 7.47. The number of allylic oxidation sites excluding steroid dienone is 2. The van der Waals surface area contributed by atoms with Crippen LogP contribution in [-0.4, -0.2) is 37.6 Å². The lowest BCUT2D eigenvalue weighted by Crippen LogP contribution is -2.38. The normalized spacial score (nSPS) is 17.0. The number of nitrogens with one attached hydrogen (secondary N) is 1. The number of hydrogen-bond acceptors (Lipinski definition) is 3. The molecular weight excluding hydrogens is 176 g/mol. The molecule has 0 fully saturated rings. The van der Waals surface area contributed by atoms with Crippen molar-refractivity contribution in [2.45, 2.75) is 25.5 Å². The van der Waals surface area contributed by atoms with Crippen LogP contribution in [0.3, 0.4) is 0 Å². The summed E-state index contributed by atoms with van der Waals surface area (Å²) in [5.74, 6) is 0. The molecule has 0 saturated carbocycles. The Morgan fingerprint density at radius 3 is 2.64 bits per heavy atom. The summed E-state index contributed by atoms with van der Waals surface area (Å²) in [5.41, 5.74) is 0.781. The first kappa shape index (κ1) is 13.1. The third-order valence-corrected chi connectivity index (χ3v) is 2.12. The number of aliphatic imine (C=N–C) groups is 1. The molecule has 0 aliphatic carbocycles. The molecule has 0 radical (unpaired) electrons. The highest BCUT2D eigenvalue weighted by Crippen LogP contribution is 2.08. The van der Waals surface area contributed by atoms with E-state index in [9.17, 15) is 5.11 Å². The summed E-state index contributed by atoms with van der Waals surface area (Å²) in [6.45, 7) is 5.63. The van der Waals surface area contributed by atoms with Crippen LogP contribution < -0.4 is 5.32 Å². The van der Waals surface area contributed by atoms with Crippen molar-refractivity contribution in [2.24, 2.45) is 4.99 Å². The van der Waals surface area contributed by atoms with Gasteiger partial charge < -0.3 is 10.4 Å². The fourth-order valence-corrected chi connectivity index (χ4v) is 1.32. The van der Waals surface area contributed by atoms with Crippen molar-refractivity contribution in [1.29, 1.82) is 0 Å². The first-order valence-corrected chi connectivity index (χ1v) is 4.81. The third-order valence-electron chi connectivity index (χ3n) is 2.12. The van der Waals surface area contributed by atoms with Crippen LogP contribution in [0.25, 0.3) is 0 Å². The van der Waals surface area contributed by atoms with E-state index in [1.165, 1.54) is 0 Å². The summed E-state index contributed by atoms with van der Waals surface area (Å²) >= 11 is 0. The molecule has 0 aliphatic heterocycles. The number of nitrogens with zero attached hydrogens (tertiary/aromatic N) is 1. The van der Waals surface area contributed by atoms with Gasteiger partial charge >= 0.3 is 0 Å². The summed E-state index contributed by atoms with van der Waals surface area (Å²) in [4.78, 5) is 3.90. The molecule has 80 valence electrons. The lowest BCUT2D eigenvalue weighted by atomic mass is 10.0. The van der Waals surface area contributed by atoms with Crippen molar-refractivity contribution in [3.8, 4) is 0 Å². The Kier molecular flexibility index (Phi) is 6.98. The number of likely N-dealkylation sites (N-methyl/N-ethyl adjacent to an activating group) is 1. The van der Waals surface area contributed by atoms with Gasteiger partial charge in [0.1, 0.15) is 0 Å². The molecule has 0 rings (SSSR count). The Morgan fingerprint density at radius 1 is 1.64 bits per heavy atom. The van der Waals surface area contributed by atoms with Gasteiger partial charge in [0, 0.05) is 19.3 Å². The second-order valence-corrected chi connectivity index (χ2v) is 3.04. The molecule has 2 N–H and O–H groups in total. The van der Waals surface area contributed by atoms with E-state index in [4.69, 9.17) is 0 Å². The minimum absolute atomic E-state index is 0.0548. The maximum absolute atomic E-state index is 9.96. The zero-order chi connectivity index (χ0) is 11.0. The van der Waals surface area contributed by atoms with Crippen LogP contribution in [-0.2, 0) is 0 Å². The average Bonchev–Trinajstić information content (AvgIpc) is 2.19. The largest absolute Gasteiger partial charge is 0.387 e. The number of rotatable bonds is 6. The highest BCUT2D eigenvalue weighted by Gasteiger charge is 2.17. The van der Waals surface area contributed by atoms with Gasteiger partial charge in [-0.25, -0.2) is 0 Å². The minimum Gasteiger partial charge on any atom is -0.387 e. The monoisotopic (exact) mass is 196 g/mol. The summed E-state index contributed by atoms with van der Waals surface area (Å²) in [7, 11) is 3.52. The zero-order valence-corrected chi connectivity index (χ0v) is 9.20. The van der Waals surface area contributed by atoms with Crippen LogP contribution in [0.15, 0.2) is 29.3 Å². The van der Waals surface area contributed by atoms with E-state index in [-0.39, 0.29) is 6.04 Å². The van der Waals surface area contributed by atoms with Crippen molar-refractivity contribution >= 4 is 6.21 Å². The predicted octanol–water partition coefficient (Wildman–Crippen LogP) is 1.16. The molecule has 0 heterocycles. The van der Waals surface area contributed by atoms with Crippen molar-refractivity contribution in [1.82, 2.24) is 5.32 Å². The number of aliphatic hydroxyl groups excluding tert-OH is 1. The quantitative estimate of drug-likeness (QED) is 0.494. The molecule has 0 saturated heterocycles. The zero-order valence-electron chi connectivity index (χ0n) is 9.20. The van der Waals surface area contributed by atoms with E-state index >= 15 is 0 Å². The molecule has 3 heteroatoms. The van der Waals surface area contributed by atoms with Gasteiger partial charge in [-0.15, -0.1) is 0 Å². The predicted molar refractivity (Wildman–Crippen MR) is 61.8 cm³/mol. The Bertz CT molecular complexity index is 217. The molecule has 0 bridgehead atoms. The van der Waals surface area contributed by atoms with E-state index < -0.39 is 6.10 Å². The molecular formula is C11H20N2O. The fraction of sp³-hybridized carbons (Fsp3) is 0.545. The Morgan fingerprint density at radius 2 is 2.29 bits per heavy atom. The standard InChI is InChI=1S/C11H20N2O/c1-5-7-9(8-12-3)11(14)10(6-2)13-4/h5,7-8,10-11,13-14H,1,6H2,2-4H3/b9-7+,12-8-/t10?,11-/m1/s1. The molecule has 1 unspecified atom stereocenters. The van der Waals surface area contributed by atoms with Crippen molar-refractivity contribution in [3.63, 3.8) is 0 Å². The van der Waals surface area contributed by atoms with Crippen LogP contribution >= 0.6 is 0 Å². The molecule has 0 aromatic carbocycles. The van der Waals surface area contributed by atoms with Gasteiger partial charge in [-0.1, -0.05) is 25.7 Å². The molecule has 0 spiro atoms. The Balaban J connectivity index is 4.65. The van der Waals surface area contributed by atoms with E-state index in [0.29, 0.717) is 0 Å². The van der Waals surface area contributed by atoms with Gasteiger partial charge in [0.25, 0.3) is 0 Å². The Hall–Kier alpha value is -0.930. The van der Waals surface area contributed by atoms with Crippen LogP contribution in [0.5, 0.6) is 0 Å². The first-order chi connectivity index (χ1) is 6.71. The van der Waals surface area contributed by atoms with Gasteiger partial charge in [-0.2, -0.15) is 0 Å². The molecule has 14 heavy (non-hydrogen) atoms. The van der Waals surface area contributed by atoms with Gasteiger partial charge in [0.05, 0.1) is 6.10 Å². The number of aliphatic hydroxyl groups is 1. The first-order valence-electron chi connectivity index (χ1n) is 4.81. The number of hydrogen-bond donors (Lipinski definition) is 2. The summed E-state index contributed by atoms with van der Waals surface area (Å²) in [6, 6.07) is 0.0548. The van der Waals surface area contributed by atoms with Crippen LogP contribution in [0, 0.1) is 0 Å². The highest BCUT2D eigenvalue weighted by molar-refractivity contribution is 5.80. The van der Waals surface area contributed by atoms with E-state index in [0.717, 1.165) is 12.0 Å². The van der Waals surface area contributed by atoms with Gasteiger partial charge in [-0.05, 0) is 19.0 Å². The average molecular weight is 196 g/mol. The van der Waals surface area contributed by atoms with Crippen molar-refractivity contribution in [3.05, 3.63) is 24.3 Å². The van der Waals surface area contributed by atoms with Gasteiger partial charge in [-0.3, -0.25) is 4.99 Å². The molecule has 2 atom stereocenters. The lowest BCUT2D eigenvalue weighted by molar-refractivity contribution is 0.168. The van der Waals surface area contributed by atoms with Crippen LogP contribution in [0.1, 0.15) is 13.3 Å². The van der Waals surface area contributed by atoms with E-state index in [1.807, 2.05) is 14.0 Å². The Labute approximate surface area is 86.2 Å². The van der Waals surface area contributed by atoms with Crippen LogP contribution in [0.2, 0.25) is 0 Å². The minimum atomic E-state index is -0.535. The van der Waals surface area contributed by atoms with E-state index in [1.54, 1.807) is 25.4 Å². The van der Waals surface area contributed by atoms with Crippen LogP contribution in [0.4, 0.5) is 0 Å². The second-order valence-electron chi connectivity index (χ2n) is 3.04. The molecule has 3 nitrogen and oxygen atoms in total. The SMILES string of the molecule is C=C/C=C(\C=N/C)[C@@H](O)C(CC)NC. The van der Waals surface area contributed by atoms with Gasteiger partial charge in [0.15, 0.2) is 0 Å². The van der Waals surface area contributed by atoms with Crippen molar-refractivity contribution in [2.75, 3.05) is 14.1 Å². The van der Waals surface area contributed by atoms with Gasteiger partial charge in [0.2, 0.25) is 0 Å². The van der Waals surface area contributed by atoms with Crippen molar-refractivity contribution < 1.29 is 5.11 Å². The molecule has 0 amide bonds. The summed E-state index contributed by atoms with van der Waals surface area (Å²) in [5, 5.41) is 13.0. The molecule has 0 aliphatic rings. The third kappa shape index (κ3) is 3.85. The van der Waals surface area contributed by atoms with E-state index in [2.05, 4.69) is 16.9 Å².